The quantitative estimate of drug-likeness (QED) is 0.629. The normalized spacial score (nSPS) is 12.8. The van der Waals surface area contributed by atoms with Crippen molar-refractivity contribution in [1.29, 1.82) is 0 Å². The van der Waals surface area contributed by atoms with Crippen molar-refractivity contribution in [2.45, 2.75) is 6.04 Å². The van der Waals surface area contributed by atoms with Gasteiger partial charge in [0.25, 0.3) is 0 Å². The molecule has 1 aromatic carbocycles. The van der Waals surface area contributed by atoms with Crippen LogP contribution in [0, 0.1) is 0 Å². The van der Waals surface area contributed by atoms with Crippen LogP contribution in [-0.2, 0) is 0 Å². The molecule has 1 unspecified atom stereocenters. The zero-order chi connectivity index (χ0) is 14.2. The minimum absolute atomic E-state index is 0.218. The lowest BCUT2D eigenvalue weighted by molar-refractivity contribution is 0.726. The monoisotopic (exact) mass is 312 g/mol. The Bertz CT molecular complexity index is 847. The average molecular weight is 312 g/mol. The van der Waals surface area contributed by atoms with Gasteiger partial charge in [-0.1, -0.05) is 23.4 Å². The summed E-state index contributed by atoms with van der Waals surface area (Å²) in [4.78, 5) is 1.14. The molecule has 104 valence electrons. The van der Waals surface area contributed by atoms with Crippen LogP contribution in [0.5, 0.6) is 0 Å². The van der Waals surface area contributed by atoms with E-state index in [0.29, 0.717) is 0 Å². The van der Waals surface area contributed by atoms with Gasteiger partial charge < -0.3 is 5.73 Å². The third-order valence-corrected chi connectivity index (χ3v) is 5.54. The van der Waals surface area contributed by atoms with Crippen LogP contribution in [0.4, 0.5) is 0 Å². The molecule has 6 heteroatoms. The van der Waals surface area contributed by atoms with Crippen LogP contribution >= 0.6 is 22.7 Å². The minimum Gasteiger partial charge on any atom is -0.318 e. The van der Waals surface area contributed by atoms with Gasteiger partial charge in [0.05, 0.1) is 23.6 Å². The molecule has 2 N–H and O–H groups in total. The maximum atomic E-state index is 6.44. The molecule has 0 bridgehead atoms. The largest absolute Gasteiger partial charge is 0.318 e. The Kier molecular flexibility index (Phi) is 3.07. The van der Waals surface area contributed by atoms with E-state index in [1.165, 1.54) is 9.40 Å². The molecule has 0 aliphatic rings. The molecule has 0 aliphatic heterocycles. The smallest absolute Gasteiger partial charge is 0.0866 e. The molecule has 0 fully saturated rings. The van der Waals surface area contributed by atoms with Gasteiger partial charge in [-0.2, -0.15) is 0 Å². The molecule has 21 heavy (non-hydrogen) atoms. The van der Waals surface area contributed by atoms with Gasteiger partial charge >= 0.3 is 0 Å². The second kappa shape index (κ2) is 5.07. The first-order valence-electron chi connectivity index (χ1n) is 6.51. The van der Waals surface area contributed by atoms with Gasteiger partial charge in [0.2, 0.25) is 0 Å². The highest BCUT2D eigenvalue weighted by molar-refractivity contribution is 7.27. The Morgan fingerprint density at radius 2 is 1.95 bits per heavy atom. The molecule has 4 nitrogen and oxygen atoms in total. The Morgan fingerprint density at radius 1 is 1.10 bits per heavy atom. The maximum Gasteiger partial charge on any atom is 0.0866 e. The molecule has 0 aliphatic carbocycles. The van der Waals surface area contributed by atoms with Gasteiger partial charge in [0, 0.05) is 14.3 Å². The summed E-state index contributed by atoms with van der Waals surface area (Å²) < 4.78 is 4.37. The first-order chi connectivity index (χ1) is 10.3. The molecule has 3 aromatic heterocycles. The highest BCUT2D eigenvalue weighted by atomic mass is 32.1. The Morgan fingerprint density at radius 3 is 2.76 bits per heavy atom. The Labute approximate surface area is 129 Å². The van der Waals surface area contributed by atoms with Gasteiger partial charge in [0.1, 0.15) is 0 Å². The van der Waals surface area contributed by atoms with Gasteiger partial charge in [-0.25, -0.2) is 4.68 Å². The van der Waals surface area contributed by atoms with Crippen molar-refractivity contribution in [2.75, 3.05) is 0 Å². The molecule has 3 heterocycles. The lowest BCUT2D eigenvalue weighted by Crippen LogP contribution is -2.15. The fourth-order valence-electron chi connectivity index (χ4n) is 2.31. The lowest BCUT2D eigenvalue weighted by atomic mass is 10.2. The van der Waals surface area contributed by atoms with Crippen molar-refractivity contribution in [3.8, 4) is 5.69 Å². The first-order valence-corrected chi connectivity index (χ1v) is 8.21. The van der Waals surface area contributed by atoms with Crippen molar-refractivity contribution in [1.82, 2.24) is 15.0 Å². The summed E-state index contributed by atoms with van der Waals surface area (Å²) in [6.07, 6.45) is 1.74. The fraction of sp³-hybridized carbons (Fsp3) is 0.0667. The number of nitrogens with zero attached hydrogens (tertiary/aromatic N) is 3. The highest BCUT2D eigenvalue weighted by Gasteiger charge is 2.18. The van der Waals surface area contributed by atoms with Gasteiger partial charge in [0.15, 0.2) is 0 Å². The number of nitrogens with two attached hydrogens (primary N) is 1. The first kappa shape index (κ1) is 12.7. The third-order valence-electron chi connectivity index (χ3n) is 3.36. The standard InChI is InChI=1S/C15H12N4S2/c16-15(14-8-13-12(21-14)6-7-20-13)11-9-17-18-19(11)10-4-2-1-3-5-10/h1-9,15H,16H2. The van der Waals surface area contributed by atoms with Crippen molar-refractivity contribution in [2.24, 2.45) is 5.73 Å². The number of thiophene rings is 2. The highest BCUT2D eigenvalue weighted by Crippen LogP contribution is 2.34. The van der Waals surface area contributed by atoms with Crippen LogP contribution in [0.15, 0.2) is 54.0 Å². The van der Waals surface area contributed by atoms with E-state index in [-0.39, 0.29) is 6.04 Å². The predicted molar refractivity (Wildman–Crippen MR) is 87.1 cm³/mol. The van der Waals surface area contributed by atoms with Crippen molar-refractivity contribution in [3.05, 3.63) is 64.6 Å². The van der Waals surface area contributed by atoms with E-state index in [1.807, 2.05) is 30.3 Å². The second-order valence-electron chi connectivity index (χ2n) is 4.68. The van der Waals surface area contributed by atoms with Crippen LogP contribution in [-0.4, -0.2) is 15.0 Å². The summed E-state index contributed by atoms with van der Waals surface area (Å²) in [5, 5.41) is 10.3. The van der Waals surface area contributed by atoms with E-state index >= 15 is 0 Å². The van der Waals surface area contributed by atoms with Gasteiger partial charge in [-0.15, -0.1) is 27.8 Å². The Balaban J connectivity index is 1.77. The summed E-state index contributed by atoms with van der Waals surface area (Å²) >= 11 is 3.47. The fourth-order valence-corrected chi connectivity index (χ4v) is 4.44. The SMILES string of the molecule is NC(c1cc2sccc2s1)c1cnnn1-c1ccccc1. The van der Waals surface area contributed by atoms with E-state index in [1.54, 1.807) is 33.6 Å². The molecule has 0 amide bonds. The van der Waals surface area contributed by atoms with E-state index < -0.39 is 0 Å². The lowest BCUT2D eigenvalue weighted by Gasteiger charge is -2.11. The molecule has 0 saturated heterocycles. The summed E-state index contributed by atoms with van der Waals surface area (Å²) in [6.45, 7) is 0. The molecule has 1 atom stereocenters. The van der Waals surface area contributed by atoms with Crippen LogP contribution in [0.2, 0.25) is 0 Å². The summed E-state index contributed by atoms with van der Waals surface area (Å²) in [5.41, 5.74) is 8.31. The maximum absolute atomic E-state index is 6.44. The van der Waals surface area contributed by atoms with Crippen LogP contribution in [0.1, 0.15) is 16.6 Å². The molecule has 4 rings (SSSR count). The number of hydrogen-bond donors (Lipinski definition) is 1. The van der Waals surface area contributed by atoms with E-state index in [9.17, 15) is 0 Å². The number of aromatic nitrogens is 3. The molecule has 4 aromatic rings. The minimum atomic E-state index is -0.218. The molecule has 0 saturated carbocycles. The molecule has 0 spiro atoms. The summed E-state index contributed by atoms with van der Waals surface area (Å²) in [7, 11) is 0. The van der Waals surface area contributed by atoms with Crippen molar-refractivity contribution in [3.63, 3.8) is 0 Å². The number of fused-ring (bicyclic) bond motifs is 1. The molecular formula is C15H12N4S2. The van der Waals surface area contributed by atoms with Crippen molar-refractivity contribution < 1.29 is 0 Å². The van der Waals surface area contributed by atoms with Gasteiger partial charge in [-0.3, -0.25) is 0 Å². The van der Waals surface area contributed by atoms with E-state index in [0.717, 1.165) is 16.3 Å². The van der Waals surface area contributed by atoms with Crippen LogP contribution in [0.3, 0.4) is 0 Å². The zero-order valence-corrected chi connectivity index (χ0v) is 12.6. The average Bonchev–Trinajstić information content (AvgIpc) is 3.22. The third kappa shape index (κ3) is 2.17. The number of hydrogen-bond acceptors (Lipinski definition) is 5. The van der Waals surface area contributed by atoms with Crippen LogP contribution in [0.25, 0.3) is 15.1 Å². The summed E-state index contributed by atoms with van der Waals surface area (Å²) in [6, 6.07) is 14.0. The number of para-hydroxylation sites is 1. The predicted octanol–water partition coefficient (Wildman–Crippen LogP) is 3.59. The van der Waals surface area contributed by atoms with Crippen molar-refractivity contribution >= 4 is 32.1 Å². The van der Waals surface area contributed by atoms with E-state index in [4.69, 9.17) is 5.73 Å². The molecule has 0 radical (unpaired) electrons. The second-order valence-corrected chi connectivity index (χ2v) is 6.74. The topological polar surface area (TPSA) is 56.7 Å². The van der Waals surface area contributed by atoms with E-state index in [2.05, 4.69) is 27.8 Å². The molecular weight excluding hydrogens is 300 g/mol. The van der Waals surface area contributed by atoms with Gasteiger partial charge in [-0.05, 0) is 29.6 Å². The van der Waals surface area contributed by atoms with Crippen LogP contribution < -0.4 is 5.73 Å². The number of benzene rings is 1. The Hall–Kier alpha value is -2.02. The summed E-state index contributed by atoms with van der Waals surface area (Å²) in [5.74, 6) is 0. The number of rotatable bonds is 3. The zero-order valence-electron chi connectivity index (χ0n) is 11.0.